The number of carbonyl (C=O) groups excluding carboxylic acids is 2. The molecule has 4 nitrogen and oxygen atoms in total. The van der Waals surface area contributed by atoms with Crippen LogP contribution in [0.25, 0.3) is 0 Å². The molecule has 0 bridgehead atoms. The molecule has 1 aliphatic rings. The molecular formula is C22H39NO3. The normalized spacial score (nSPS) is 20.2. The van der Waals surface area contributed by atoms with Crippen LogP contribution in [0.3, 0.4) is 0 Å². The fourth-order valence-electron chi connectivity index (χ4n) is 3.79. The van der Waals surface area contributed by atoms with E-state index in [1.54, 1.807) is 0 Å². The predicted octanol–water partition coefficient (Wildman–Crippen LogP) is 4.56. The number of unbranched alkanes of at least 4 members (excludes halogenated alkanes) is 7. The van der Waals surface area contributed by atoms with Crippen molar-refractivity contribution in [3.63, 3.8) is 0 Å². The fourth-order valence-corrected chi connectivity index (χ4v) is 3.79. The molecule has 1 amide bonds. The Kier molecular flexibility index (Phi) is 13.2. The van der Waals surface area contributed by atoms with Crippen molar-refractivity contribution in [2.45, 2.75) is 90.4 Å². The Labute approximate surface area is 159 Å². The zero-order valence-electron chi connectivity index (χ0n) is 16.7. The molecule has 0 aromatic heterocycles. The summed E-state index contributed by atoms with van der Waals surface area (Å²) >= 11 is 0. The van der Waals surface area contributed by atoms with E-state index >= 15 is 0 Å². The number of hydrogen-bond acceptors (Lipinski definition) is 3. The average molecular weight is 366 g/mol. The largest absolute Gasteiger partial charge is 0.395 e. The maximum atomic E-state index is 12.2. The molecular weight excluding hydrogens is 326 g/mol. The number of aliphatic hydroxyl groups excluding tert-OH is 1. The maximum absolute atomic E-state index is 12.2. The van der Waals surface area contributed by atoms with Crippen LogP contribution < -0.4 is 5.32 Å². The minimum atomic E-state index is -0.00445. The summed E-state index contributed by atoms with van der Waals surface area (Å²) < 4.78 is 0. The Morgan fingerprint density at radius 3 is 2.69 bits per heavy atom. The summed E-state index contributed by atoms with van der Waals surface area (Å²) in [5.74, 6) is 1.16. The van der Waals surface area contributed by atoms with Crippen molar-refractivity contribution in [3.8, 4) is 0 Å². The number of amides is 1. The lowest BCUT2D eigenvalue weighted by Crippen LogP contribution is -2.25. The first-order chi connectivity index (χ1) is 12.7. The zero-order chi connectivity index (χ0) is 19.0. The number of ketones is 1. The quantitative estimate of drug-likeness (QED) is 0.330. The lowest BCUT2D eigenvalue weighted by atomic mass is 9.89. The van der Waals surface area contributed by atoms with Gasteiger partial charge in [0.2, 0.25) is 5.91 Å². The van der Waals surface area contributed by atoms with E-state index in [0.29, 0.717) is 24.7 Å². The Morgan fingerprint density at radius 1 is 1.15 bits per heavy atom. The minimum Gasteiger partial charge on any atom is -0.395 e. The SMILES string of the molecule is CCCCCCC=C[C@H]1CCC(=O)[C@H]1CCCCCCC(=O)NCCO. The van der Waals surface area contributed by atoms with Gasteiger partial charge in [-0.05, 0) is 38.0 Å². The van der Waals surface area contributed by atoms with Crippen molar-refractivity contribution in [2.24, 2.45) is 11.8 Å². The molecule has 1 fully saturated rings. The summed E-state index contributed by atoms with van der Waals surface area (Å²) in [5, 5.41) is 11.3. The Bertz CT molecular complexity index is 420. The van der Waals surface area contributed by atoms with Gasteiger partial charge in [-0.1, -0.05) is 57.6 Å². The molecule has 0 radical (unpaired) electrons. The highest BCUT2D eigenvalue weighted by Gasteiger charge is 2.31. The van der Waals surface area contributed by atoms with Gasteiger partial charge in [0, 0.05) is 25.3 Å². The molecule has 4 heteroatoms. The lowest BCUT2D eigenvalue weighted by molar-refractivity contribution is -0.122. The maximum Gasteiger partial charge on any atom is 0.220 e. The molecule has 0 aromatic rings. The van der Waals surface area contributed by atoms with Crippen molar-refractivity contribution in [1.29, 1.82) is 0 Å². The van der Waals surface area contributed by atoms with Crippen LogP contribution in [0.15, 0.2) is 12.2 Å². The van der Waals surface area contributed by atoms with Gasteiger partial charge >= 0.3 is 0 Å². The van der Waals surface area contributed by atoms with E-state index < -0.39 is 0 Å². The van der Waals surface area contributed by atoms with Crippen LogP contribution >= 0.6 is 0 Å². The number of carbonyl (C=O) groups is 2. The Balaban J connectivity index is 2.14. The molecule has 0 saturated heterocycles. The Hall–Kier alpha value is -1.16. The zero-order valence-corrected chi connectivity index (χ0v) is 16.7. The number of rotatable bonds is 15. The van der Waals surface area contributed by atoms with Crippen LogP contribution in [-0.4, -0.2) is 29.9 Å². The van der Waals surface area contributed by atoms with Crippen molar-refractivity contribution in [3.05, 3.63) is 12.2 Å². The molecule has 0 spiro atoms. The molecule has 0 aliphatic heterocycles. The van der Waals surface area contributed by atoms with E-state index in [1.165, 1.54) is 25.7 Å². The summed E-state index contributed by atoms with van der Waals surface area (Å²) in [6.07, 6.45) is 18.3. The van der Waals surface area contributed by atoms with Crippen molar-refractivity contribution < 1.29 is 14.7 Å². The topological polar surface area (TPSA) is 66.4 Å². The standard InChI is InChI=1S/C22H39NO3/c1-2-3-4-5-6-9-12-19-15-16-21(25)20(19)13-10-7-8-11-14-22(26)23-17-18-24/h9,12,19-20,24H,2-8,10-11,13-18H2,1H3,(H,23,26)/t19-,20-/m0/s1. The van der Waals surface area contributed by atoms with Gasteiger partial charge < -0.3 is 10.4 Å². The second-order valence-electron chi connectivity index (χ2n) is 7.58. The summed E-state index contributed by atoms with van der Waals surface area (Å²) in [7, 11) is 0. The van der Waals surface area contributed by atoms with Gasteiger partial charge in [-0.2, -0.15) is 0 Å². The van der Waals surface area contributed by atoms with Gasteiger partial charge in [0.25, 0.3) is 0 Å². The van der Waals surface area contributed by atoms with E-state index in [9.17, 15) is 9.59 Å². The van der Waals surface area contributed by atoms with Gasteiger partial charge in [-0.3, -0.25) is 9.59 Å². The summed E-state index contributed by atoms with van der Waals surface area (Å²) in [5.41, 5.74) is 0. The van der Waals surface area contributed by atoms with E-state index in [4.69, 9.17) is 5.11 Å². The van der Waals surface area contributed by atoms with Gasteiger partial charge in [0.05, 0.1) is 6.61 Å². The minimum absolute atomic E-state index is 0.00445. The fraction of sp³-hybridized carbons (Fsp3) is 0.818. The molecule has 150 valence electrons. The highest BCUT2D eigenvalue weighted by atomic mass is 16.3. The van der Waals surface area contributed by atoms with Crippen LogP contribution in [0.5, 0.6) is 0 Å². The summed E-state index contributed by atoms with van der Waals surface area (Å²) in [4.78, 5) is 23.6. The molecule has 0 aromatic carbocycles. The van der Waals surface area contributed by atoms with Gasteiger partial charge in [0.1, 0.15) is 5.78 Å². The second-order valence-corrected chi connectivity index (χ2v) is 7.58. The van der Waals surface area contributed by atoms with Gasteiger partial charge in [0.15, 0.2) is 0 Å². The van der Waals surface area contributed by atoms with Crippen LogP contribution in [-0.2, 0) is 9.59 Å². The molecule has 0 heterocycles. The highest BCUT2D eigenvalue weighted by molar-refractivity contribution is 5.83. The summed E-state index contributed by atoms with van der Waals surface area (Å²) in [6.45, 7) is 2.57. The molecule has 2 atom stereocenters. The predicted molar refractivity (Wildman–Crippen MR) is 107 cm³/mol. The number of nitrogens with one attached hydrogen (secondary N) is 1. The summed E-state index contributed by atoms with van der Waals surface area (Å²) in [6, 6.07) is 0. The van der Waals surface area contributed by atoms with Crippen LogP contribution in [0.1, 0.15) is 90.4 Å². The molecule has 1 aliphatic carbocycles. The van der Waals surface area contributed by atoms with Crippen molar-refractivity contribution >= 4 is 11.7 Å². The third-order valence-electron chi connectivity index (χ3n) is 5.37. The lowest BCUT2D eigenvalue weighted by Gasteiger charge is -2.14. The first kappa shape index (κ1) is 22.9. The molecule has 26 heavy (non-hydrogen) atoms. The number of Topliss-reactive ketones (excluding diaryl/α,β-unsaturated/α-hetero) is 1. The molecule has 2 N–H and O–H groups in total. The monoisotopic (exact) mass is 365 g/mol. The highest BCUT2D eigenvalue weighted by Crippen LogP contribution is 2.34. The third-order valence-corrected chi connectivity index (χ3v) is 5.37. The molecule has 1 saturated carbocycles. The Morgan fingerprint density at radius 2 is 1.92 bits per heavy atom. The van der Waals surface area contributed by atoms with Crippen molar-refractivity contribution in [2.75, 3.05) is 13.2 Å². The smallest absolute Gasteiger partial charge is 0.220 e. The van der Waals surface area contributed by atoms with Gasteiger partial charge in [-0.25, -0.2) is 0 Å². The van der Waals surface area contributed by atoms with E-state index in [2.05, 4.69) is 24.4 Å². The van der Waals surface area contributed by atoms with Crippen LogP contribution in [0.2, 0.25) is 0 Å². The average Bonchev–Trinajstić information content (AvgIpc) is 2.99. The van der Waals surface area contributed by atoms with Crippen LogP contribution in [0, 0.1) is 11.8 Å². The number of allylic oxidation sites excluding steroid dienone is 2. The van der Waals surface area contributed by atoms with Gasteiger partial charge in [-0.15, -0.1) is 0 Å². The molecule has 1 rings (SSSR count). The van der Waals surface area contributed by atoms with E-state index in [0.717, 1.165) is 51.4 Å². The second kappa shape index (κ2) is 15.0. The number of aliphatic hydroxyl groups is 1. The van der Waals surface area contributed by atoms with E-state index in [-0.39, 0.29) is 18.4 Å². The number of hydrogen-bond donors (Lipinski definition) is 2. The molecule has 0 unspecified atom stereocenters. The van der Waals surface area contributed by atoms with Crippen LogP contribution in [0.4, 0.5) is 0 Å². The van der Waals surface area contributed by atoms with E-state index in [1.807, 2.05) is 0 Å². The third kappa shape index (κ3) is 10.1. The first-order valence-electron chi connectivity index (χ1n) is 10.8. The first-order valence-corrected chi connectivity index (χ1v) is 10.8. The van der Waals surface area contributed by atoms with Crippen molar-refractivity contribution in [1.82, 2.24) is 5.32 Å².